The first-order valence-corrected chi connectivity index (χ1v) is 11.9. The summed E-state index contributed by atoms with van der Waals surface area (Å²) in [5.74, 6) is 0.149. The highest BCUT2D eigenvalue weighted by atomic mass is 35.5. The molecule has 1 aliphatic heterocycles. The molecule has 1 aliphatic rings. The number of carbonyl (C=O) groups excluding carboxylic acids is 1. The standard InChI is InChI=1S/C26H24ClFN6O2/c1-33-16-17(15-30-33)25-14-22(6-7-29-25)36-21-4-5-24(23(28)13-21)32-26(35)31-19-10-18(27)11-20(12-19)34-8-2-3-9-34/h4-7,10-16H,2-3,8-9H2,1H3,(H2,31,32,35). The molecule has 1 fully saturated rings. The predicted molar refractivity (Wildman–Crippen MR) is 138 cm³/mol. The minimum atomic E-state index is -0.631. The molecule has 1 saturated heterocycles. The van der Waals surface area contributed by atoms with E-state index in [1.165, 1.54) is 12.1 Å². The molecule has 0 aliphatic carbocycles. The van der Waals surface area contributed by atoms with Crippen molar-refractivity contribution in [3.05, 3.63) is 78.0 Å². The number of nitrogens with zero attached hydrogens (tertiary/aromatic N) is 4. The van der Waals surface area contributed by atoms with Crippen molar-refractivity contribution < 1.29 is 13.9 Å². The van der Waals surface area contributed by atoms with Gasteiger partial charge in [0, 0.05) is 66.6 Å². The molecule has 2 amide bonds. The van der Waals surface area contributed by atoms with Crippen LogP contribution in [-0.2, 0) is 7.05 Å². The number of amides is 2. The largest absolute Gasteiger partial charge is 0.457 e. The van der Waals surface area contributed by atoms with E-state index in [-0.39, 0.29) is 11.4 Å². The second-order valence-electron chi connectivity index (χ2n) is 8.49. The number of benzene rings is 2. The zero-order chi connectivity index (χ0) is 25.1. The highest BCUT2D eigenvalue weighted by Crippen LogP contribution is 2.30. The fourth-order valence-electron chi connectivity index (χ4n) is 4.07. The minimum Gasteiger partial charge on any atom is -0.457 e. The lowest BCUT2D eigenvalue weighted by Gasteiger charge is -2.19. The number of halogens is 2. The zero-order valence-electron chi connectivity index (χ0n) is 19.5. The monoisotopic (exact) mass is 506 g/mol. The summed E-state index contributed by atoms with van der Waals surface area (Å²) in [4.78, 5) is 19.1. The Morgan fingerprint density at radius 2 is 1.86 bits per heavy atom. The number of nitrogens with one attached hydrogen (secondary N) is 2. The Morgan fingerprint density at radius 1 is 1.06 bits per heavy atom. The SMILES string of the molecule is Cn1cc(-c2cc(Oc3ccc(NC(=O)Nc4cc(Cl)cc(N5CCCC5)c4)c(F)c3)ccn2)cn1. The van der Waals surface area contributed by atoms with Crippen LogP contribution in [0, 0.1) is 5.82 Å². The van der Waals surface area contributed by atoms with Crippen LogP contribution >= 0.6 is 11.6 Å². The molecule has 0 atom stereocenters. The number of anilines is 3. The van der Waals surface area contributed by atoms with Gasteiger partial charge in [0.2, 0.25) is 0 Å². The van der Waals surface area contributed by atoms with E-state index in [4.69, 9.17) is 16.3 Å². The van der Waals surface area contributed by atoms with Crippen LogP contribution in [0.15, 0.2) is 67.1 Å². The molecule has 8 nitrogen and oxygen atoms in total. The lowest BCUT2D eigenvalue weighted by atomic mass is 10.2. The Labute approximate surface area is 212 Å². The summed E-state index contributed by atoms with van der Waals surface area (Å²) in [6.07, 6.45) is 7.41. The summed E-state index contributed by atoms with van der Waals surface area (Å²) in [5, 5.41) is 9.92. The molecule has 2 N–H and O–H groups in total. The van der Waals surface area contributed by atoms with Gasteiger partial charge in [0.25, 0.3) is 0 Å². The Morgan fingerprint density at radius 3 is 2.61 bits per heavy atom. The average Bonchev–Trinajstić information content (AvgIpc) is 3.53. The first-order chi connectivity index (χ1) is 17.4. The molecule has 184 valence electrons. The van der Waals surface area contributed by atoms with E-state index in [2.05, 4.69) is 25.6 Å². The predicted octanol–water partition coefficient (Wildman–Crippen LogP) is 6.31. The minimum absolute atomic E-state index is 0.0208. The summed E-state index contributed by atoms with van der Waals surface area (Å²) in [7, 11) is 1.82. The van der Waals surface area contributed by atoms with Gasteiger partial charge in [0.1, 0.15) is 17.3 Å². The van der Waals surface area contributed by atoms with Crippen molar-refractivity contribution in [2.45, 2.75) is 12.8 Å². The van der Waals surface area contributed by atoms with Crippen molar-refractivity contribution in [2.75, 3.05) is 28.6 Å². The highest BCUT2D eigenvalue weighted by molar-refractivity contribution is 6.31. The molecule has 36 heavy (non-hydrogen) atoms. The van der Waals surface area contributed by atoms with E-state index in [1.807, 2.05) is 25.4 Å². The lowest BCUT2D eigenvalue weighted by Crippen LogP contribution is -2.21. The number of pyridine rings is 1. The van der Waals surface area contributed by atoms with Crippen molar-refractivity contribution in [3.8, 4) is 22.8 Å². The molecular weight excluding hydrogens is 483 g/mol. The number of rotatable bonds is 6. The van der Waals surface area contributed by atoms with E-state index < -0.39 is 11.8 Å². The van der Waals surface area contributed by atoms with E-state index in [1.54, 1.807) is 41.3 Å². The summed E-state index contributed by atoms with van der Waals surface area (Å²) < 4.78 is 22.2. The second kappa shape index (κ2) is 10.2. The maximum Gasteiger partial charge on any atom is 0.323 e. The maximum atomic E-state index is 14.8. The van der Waals surface area contributed by atoms with Crippen LogP contribution in [-0.4, -0.2) is 33.9 Å². The number of ether oxygens (including phenoxy) is 1. The van der Waals surface area contributed by atoms with Gasteiger partial charge < -0.3 is 20.3 Å². The van der Waals surface area contributed by atoms with E-state index in [0.717, 1.165) is 37.2 Å². The highest BCUT2D eigenvalue weighted by Gasteiger charge is 2.15. The quantitative estimate of drug-likeness (QED) is 0.320. The van der Waals surface area contributed by atoms with Crippen LogP contribution in [0.5, 0.6) is 11.5 Å². The van der Waals surface area contributed by atoms with Gasteiger partial charge >= 0.3 is 6.03 Å². The van der Waals surface area contributed by atoms with Crippen LogP contribution in [0.1, 0.15) is 12.8 Å². The van der Waals surface area contributed by atoms with Gasteiger partial charge in [-0.05, 0) is 49.2 Å². The van der Waals surface area contributed by atoms with Gasteiger partial charge in [0.15, 0.2) is 0 Å². The number of urea groups is 1. The molecule has 0 spiro atoms. The first kappa shape index (κ1) is 23.6. The van der Waals surface area contributed by atoms with Crippen molar-refractivity contribution in [1.29, 1.82) is 0 Å². The Hall–Kier alpha value is -4.11. The molecule has 5 rings (SSSR count). The topological polar surface area (TPSA) is 84.3 Å². The molecule has 2 aromatic carbocycles. The normalized spacial score (nSPS) is 13.0. The molecule has 2 aromatic heterocycles. The summed E-state index contributed by atoms with van der Waals surface area (Å²) in [5.41, 5.74) is 3.03. The third kappa shape index (κ3) is 5.58. The molecule has 3 heterocycles. The molecule has 0 radical (unpaired) electrons. The van der Waals surface area contributed by atoms with Gasteiger partial charge in [-0.25, -0.2) is 9.18 Å². The van der Waals surface area contributed by atoms with Gasteiger partial charge in [0.05, 0.1) is 17.6 Å². The van der Waals surface area contributed by atoms with Gasteiger partial charge in [-0.2, -0.15) is 5.10 Å². The molecular formula is C26H24ClFN6O2. The van der Waals surface area contributed by atoms with Crippen LogP contribution in [0.3, 0.4) is 0 Å². The molecule has 0 unspecified atom stereocenters. The smallest absolute Gasteiger partial charge is 0.323 e. The summed E-state index contributed by atoms with van der Waals surface area (Å²) in [6, 6.07) is 12.5. The summed E-state index contributed by atoms with van der Waals surface area (Å²) in [6.45, 7) is 1.91. The molecule has 10 heteroatoms. The van der Waals surface area contributed by atoms with E-state index in [0.29, 0.717) is 22.2 Å². The van der Waals surface area contributed by atoms with Crippen LogP contribution < -0.4 is 20.3 Å². The fourth-order valence-corrected chi connectivity index (χ4v) is 4.30. The number of hydrogen-bond acceptors (Lipinski definition) is 5. The first-order valence-electron chi connectivity index (χ1n) is 11.5. The Bertz CT molecular complexity index is 1400. The third-order valence-electron chi connectivity index (χ3n) is 5.77. The Balaban J connectivity index is 1.24. The summed E-state index contributed by atoms with van der Waals surface area (Å²) >= 11 is 6.25. The lowest BCUT2D eigenvalue weighted by molar-refractivity contribution is 0.262. The number of aryl methyl sites for hydroxylation is 1. The Kier molecular flexibility index (Phi) is 6.73. The molecule has 4 aromatic rings. The van der Waals surface area contributed by atoms with E-state index >= 15 is 0 Å². The molecule has 0 bridgehead atoms. The van der Waals surface area contributed by atoms with Crippen molar-refractivity contribution in [1.82, 2.24) is 14.8 Å². The van der Waals surface area contributed by atoms with Crippen molar-refractivity contribution in [2.24, 2.45) is 7.05 Å². The van der Waals surface area contributed by atoms with Gasteiger partial charge in [-0.15, -0.1) is 0 Å². The average molecular weight is 507 g/mol. The van der Waals surface area contributed by atoms with Gasteiger partial charge in [-0.3, -0.25) is 9.67 Å². The van der Waals surface area contributed by atoms with Crippen LogP contribution in [0.4, 0.5) is 26.2 Å². The number of hydrogen-bond donors (Lipinski definition) is 2. The fraction of sp³-hybridized carbons (Fsp3) is 0.192. The van der Waals surface area contributed by atoms with Gasteiger partial charge in [-0.1, -0.05) is 11.6 Å². The van der Waals surface area contributed by atoms with Crippen LogP contribution in [0.2, 0.25) is 5.02 Å². The van der Waals surface area contributed by atoms with Crippen molar-refractivity contribution >= 4 is 34.7 Å². The second-order valence-corrected chi connectivity index (χ2v) is 8.93. The third-order valence-corrected chi connectivity index (χ3v) is 5.99. The molecule has 0 saturated carbocycles. The maximum absolute atomic E-state index is 14.8. The van der Waals surface area contributed by atoms with E-state index in [9.17, 15) is 9.18 Å². The zero-order valence-corrected chi connectivity index (χ0v) is 20.3. The number of aromatic nitrogens is 3. The van der Waals surface area contributed by atoms with Crippen LogP contribution in [0.25, 0.3) is 11.3 Å². The number of carbonyl (C=O) groups is 1. The van der Waals surface area contributed by atoms with Crippen molar-refractivity contribution in [3.63, 3.8) is 0 Å².